The molecule has 2 aromatic rings. The second-order valence-electron chi connectivity index (χ2n) is 7.51. The van der Waals surface area contributed by atoms with Crippen molar-refractivity contribution in [2.75, 3.05) is 23.9 Å². The third-order valence-electron chi connectivity index (χ3n) is 5.14. The molecule has 1 saturated carbocycles. The van der Waals surface area contributed by atoms with Crippen LogP contribution in [0.25, 0.3) is 11.3 Å². The maximum absolute atomic E-state index is 12.9. The van der Waals surface area contributed by atoms with Crippen molar-refractivity contribution in [3.8, 4) is 11.3 Å². The molecule has 9 nitrogen and oxygen atoms in total. The van der Waals surface area contributed by atoms with E-state index in [4.69, 9.17) is 0 Å². The van der Waals surface area contributed by atoms with Gasteiger partial charge in [0.2, 0.25) is 16.0 Å². The Morgan fingerprint density at radius 3 is 2.62 bits per heavy atom. The van der Waals surface area contributed by atoms with Crippen molar-refractivity contribution in [3.05, 3.63) is 36.3 Å². The van der Waals surface area contributed by atoms with Crippen molar-refractivity contribution in [3.63, 3.8) is 0 Å². The molecule has 11 heteroatoms. The lowest BCUT2D eigenvalue weighted by Crippen LogP contribution is -2.36. The number of sulfone groups is 1. The largest absolute Gasteiger partial charge is 0.351 e. The SMILES string of the molecule is CN(Cc1nc(NC2CC2)ncc1-c1ccccn1)S(=O)(=O)[C@@H]1CCS(=O)(=O)C1. The number of pyridine rings is 1. The fraction of sp³-hybridized carbons (Fsp3) is 0.500. The Bertz CT molecular complexity index is 1100. The van der Waals surface area contributed by atoms with E-state index in [2.05, 4.69) is 20.3 Å². The first-order valence-corrected chi connectivity index (χ1v) is 12.8. The molecule has 0 bridgehead atoms. The topological polar surface area (TPSA) is 122 Å². The lowest BCUT2D eigenvalue weighted by Gasteiger charge is -2.22. The smallest absolute Gasteiger partial charge is 0.223 e. The third kappa shape index (κ3) is 4.57. The van der Waals surface area contributed by atoms with Gasteiger partial charge in [0.15, 0.2) is 9.84 Å². The summed E-state index contributed by atoms with van der Waals surface area (Å²) in [4.78, 5) is 13.2. The number of hydrogen-bond donors (Lipinski definition) is 1. The molecular weight excluding hydrogens is 414 g/mol. The van der Waals surface area contributed by atoms with Crippen molar-refractivity contribution in [1.29, 1.82) is 0 Å². The molecule has 2 fully saturated rings. The molecule has 4 rings (SSSR count). The number of aromatic nitrogens is 3. The molecule has 0 spiro atoms. The van der Waals surface area contributed by atoms with Crippen LogP contribution in [0.15, 0.2) is 30.6 Å². The Morgan fingerprint density at radius 1 is 1.21 bits per heavy atom. The monoisotopic (exact) mass is 437 g/mol. The second-order valence-corrected chi connectivity index (χ2v) is 12.1. The van der Waals surface area contributed by atoms with Gasteiger partial charge in [-0.05, 0) is 31.4 Å². The molecule has 2 aromatic heterocycles. The summed E-state index contributed by atoms with van der Waals surface area (Å²) in [7, 11) is -5.62. The first kappa shape index (κ1) is 20.2. The highest BCUT2D eigenvalue weighted by molar-refractivity contribution is 7.95. The van der Waals surface area contributed by atoms with Crippen molar-refractivity contribution in [2.24, 2.45) is 0 Å². The molecule has 2 aliphatic rings. The molecule has 0 unspecified atom stereocenters. The highest BCUT2D eigenvalue weighted by Gasteiger charge is 2.39. The van der Waals surface area contributed by atoms with E-state index in [9.17, 15) is 16.8 Å². The molecule has 3 heterocycles. The van der Waals surface area contributed by atoms with E-state index in [0.29, 0.717) is 28.9 Å². The molecule has 0 aromatic carbocycles. The van der Waals surface area contributed by atoms with Crippen LogP contribution in [0.5, 0.6) is 0 Å². The highest BCUT2D eigenvalue weighted by Crippen LogP contribution is 2.27. The van der Waals surface area contributed by atoms with Crippen molar-refractivity contribution in [1.82, 2.24) is 19.3 Å². The normalized spacial score (nSPS) is 21.4. The average molecular weight is 438 g/mol. The predicted molar refractivity (Wildman–Crippen MR) is 109 cm³/mol. The fourth-order valence-electron chi connectivity index (χ4n) is 3.30. The quantitative estimate of drug-likeness (QED) is 0.682. The molecule has 0 radical (unpaired) electrons. The van der Waals surface area contributed by atoms with Crippen LogP contribution in [-0.2, 0) is 26.4 Å². The van der Waals surface area contributed by atoms with E-state index in [1.54, 1.807) is 18.5 Å². The zero-order valence-electron chi connectivity index (χ0n) is 16.0. The van der Waals surface area contributed by atoms with Gasteiger partial charge in [0.1, 0.15) is 0 Å². The number of nitrogens with one attached hydrogen (secondary N) is 1. The first-order valence-electron chi connectivity index (χ1n) is 9.44. The molecular formula is C18H23N5O4S2. The van der Waals surface area contributed by atoms with Crippen molar-refractivity contribution >= 4 is 25.8 Å². The minimum atomic E-state index is -3.78. The average Bonchev–Trinajstić information content (AvgIpc) is 3.42. The van der Waals surface area contributed by atoms with Gasteiger partial charge in [-0.2, -0.15) is 4.31 Å². The van der Waals surface area contributed by atoms with Crippen LogP contribution >= 0.6 is 0 Å². The molecule has 1 atom stereocenters. The van der Waals surface area contributed by atoms with Crippen LogP contribution in [0.2, 0.25) is 0 Å². The summed E-state index contributed by atoms with van der Waals surface area (Å²) in [6, 6.07) is 5.80. The maximum Gasteiger partial charge on any atom is 0.223 e. The van der Waals surface area contributed by atoms with E-state index in [1.165, 1.54) is 11.4 Å². The van der Waals surface area contributed by atoms with Crippen LogP contribution in [0, 0.1) is 0 Å². The zero-order chi connectivity index (χ0) is 20.6. The van der Waals surface area contributed by atoms with Gasteiger partial charge in [0, 0.05) is 31.0 Å². The van der Waals surface area contributed by atoms with Gasteiger partial charge in [0.05, 0.1) is 34.7 Å². The Morgan fingerprint density at radius 2 is 2.00 bits per heavy atom. The Hall–Kier alpha value is -2.11. The lowest BCUT2D eigenvalue weighted by atomic mass is 10.1. The summed E-state index contributed by atoms with van der Waals surface area (Å²) in [5.41, 5.74) is 1.82. The minimum absolute atomic E-state index is 0.00660. The van der Waals surface area contributed by atoms with E-state index in [0.717, 1.165) is 12.8 Å². The summed E-state index contributed by atoms with van der Waals surface area (Å²) in [5, 5.41) is 2.31. The van der Waals surface area contributed by atoms with Crippen LogP contribution in [0.3, 0.4) is 0 Å². The molecule has 1 N–H and O–H groups in total. The molecule has 1 aliphatic carbocycles. The van der Waals surface area contributed by atoms with Gasteiger partial charge < -0.3 is 5.32 Å². The highest BCUT2D eigenvalue weighted by atomic mass is 32.2. The van der Waals surface area contributed by atoms with Gasteiger partial charge in [-0.3, -0.25) is 4.98 Å². The van der Waals surface area contributed by atoms with Gasteiger partial charge in [-0.25, -0.2) is 26.8 Å². The predicted octanol–water partition coefficient (Wildman–Crippen LogP) is 1.06. The summed E-state index contributed by atoms with van der Waals surface area (Å²) in [6.07, 6.45) is 5.55. The van der Waals surface area contributed by atoms with Crippen molar-refractivity contribution in [2.45, 2.75) is 37.1 Å². The zero-order valence-corrected chi connectivity index (χ0v) is 17.7. The second kappa shape index (κ2) is 7.62. The Labute approximate surface area is 170 Å². The molecule has 1 aliphatic heterocycles. The Balaban J connectivity index is 1.63. The standard InChI is InChI=1S/C18H23N5O4S2/c1-23(29(26,27)14-7-9-28(24,25)12-14)11-17-15(16-4-2-3-8-19-16)10-20-18(22-17)21-13-5-6-13/h2-4,8,10,13-14H,5-7,9,11-12H2,1H3,(H,20,21,22)/t14-/m1/s1. The molecule has 29 heavy (non-hydrogen) atoms. The van der Waals surface area contributed by atoms with E-state index >= 15 is 0 Å². The van der Waals surface area contributed by atoms with E-state index in [1.807, 2.05) is 12.1 Å². The summed E-state index contributed by atoms with van der Waals surface area (Å²) < 4.78 is 50.5. The van der Waals surface area contributed by atoms with Gasteiger partial charge in [-0.1, -0.05) is 6.07 Å². The number of hydrogen-bond acceptors (Lipinski definition) is 8. The summed E-state index contributed by atoms with van der Waals surface area (Å²) in [5.74, 6) is 0.0363. The fourth-order valence-corrected chi connectivity index (χ4v) is 7.53. The van der Waals surface area contributed by atoms with Crippen LogP contribution in [-0.4, -0.2) is 65.9 Å². The minimum Gasteiger partial charge on any atom is -0.351 e. The lowest BCUT2D eigenvalue weighted by molar-refractivity contribution is 0.453. The van der Waals surface area contributed by atoms with Crippen LogP contribution < -0.4 is 5.32 Å². The summed E-state index contributed by atoms with van der Waals surface area (Å²) in [6.45, 7) is 0.00660. The molecule has 1 saturated heterocycles. The van der Waals surface area contributed by atoms with E-state index in [-0.39, 0.29) is 24.5 Å². The summed E-state index contributed by atoms with van der Waals surface area (Å²) >= 11 is 0. The first-order chi connectivity index (χ1) is 13.7. The number of nitrogens with zero attached hydrogens (tertiary/aromatic N) is 4. The Kier molecular flexibility index (Phi) is 5.30. The number of sulfonamides is 1. The number of rotatable bonds is 7. The van der Waals surface area contributed by atoms with Gasteiger partial charge >= 0.3 is 0 Å². The molecule has 0 amide bonds. The maximum atomic E-state index is 12.9. The van der Waals surface area contributed by atoms with Crippen LogP contribution in [0.4, 0.5) is 5.95 Å². The molecule has 156 valence electrons. The van der Waals surface area contributed by atoms with Gasteiger partial charge in [0.25, 0.3) is 0 Å². The van der Waals surface area contributed by atoms with Crippen molar-refractivity contribution < 1.29 is 16.8 Å². The van der Waals surface area contributed by atoms with E-state index < -0.39 is 25.1 Å². The van der Waals surface area contributed by atoms with Gasteiger partial charge in [-0.15, -0.1) is 0 Å². The third-order valence-corrected chi connectivity index (χ3v) is 9.36. The van der Waals surface area contributed by atoms with Crippen LogP contribution in [0.1, 0.15) is 25.0 Å². The number of anilines is 1.